The fourth-order valence-electron chi connectivity index (χ4n) is 11.8. The predicted octanol–water partition coefficient (Wildman–Crippen LogP) is 3.82. The third-order valence-electron chi connectivity index (χ3n) is 16.3. The highest BCUT2D eigenvalue weighted by Gasteiger charge is 2.55. The molecule has 7 N–H and O–H groups in total. The fraction of sp³-hybridized carbons (Fsp3) is 0.759. The van der Waals surface area contributed by atoms with Crippen molar-refractivity contribution in [2.24, 2.45) is 23.7 Å². The van der Waals surface area contributed by atoms with Gasteiger partial charge in [0, 0.05) is 61.8 Å². The van der Waals surface area contributed by atoms with Crippen LogP contribution in [-0.4, -0.2) is 183 Å². The van der Waals surface area contributed by atoms with Gasteiger partial charge in [0.1, 0.15) is 36.7 Å². The zero-order chi connectivity index (χ0) is 53.6. The lowest BCUT2D eigenvalue weighted by Crippen LogP contribution is -2.62. The molecule has 0 radical (unpaired) electrons. The number of likely N-dealkylation sites (N-methyl/N-ethyl adjacent to an activating group) is 2. The number of carbonyl (C=O) groups excluding carboxylic acids is 2. The molecule has 18 heteroatoms. The lowest BCUT2D eigenvalue weighted by atomic mass is 9.68. The number of benzene rings is 1. The summed E-state index contributed by atoms with van der Waals surface area (Å²) >= 11 is 0. The smallest absolute Gasteiger partial charge is 0.309 e. The van der Waals surface area contributed by atoms with E-state index in [1.165, 1.54) is 20.2 Å². The molecule has 1 aromatic carbocycles. The molecule has 1 aromatic heterocycles. The Labute approximate surface area is 426 Å². The number of alkyl halides is 1. The van der Waals surface area contributed by atoms with Gasteiger partial charge in [-0.2, -0.15) is 0 Å². The molecule has 3 saturated heterocycles. The molecule has 5 rings (SSSR count). The number of nitrogens with zero attached hydrogens (tertiary/aromatic N) is 3. The third-order valence-corrected chi connectivity index (χ3v) is 16.3. The number of pyridine rings is 1. The molecule has 2 aromatic rings. The van der Waals surface area contributed by atoms with Crippen LogP contribution in [0.5, 0.6) is 0 Å². The molecule has 19 atom stereocenters. The minimum Gasteiger partial charge on any atom is -0.459 e. The van der Waals surface area contributed by atoms with Crippen molar-refractivity contribution in [2.45, 2.75) is 198 Å². The van der Waals surface area contributed by atoms with E-state index in [1.54, 1.807) is 60.9 Å². The summed E-state index contributed by atoms with van der Waals surface area (Å²) in [4.78, 5) is 31.7. The number of carbonyl (C=O) groups is 2. The molecule has 1 unspecified atom stereocenters. The van der Waals surface area contributed by atoms with E-state index in [-0.39, 0.29) is 50.5 Å². The van der Waals surface area contributed by atoms with Gasteiger partial charge in [-0.05, 0) is 110 Å². The van der Waals surface area contributed by atoms with Crippen molar-refractivity contribution < 1.29 is 73.1 Å². The average molecular weight is 1020 g/mol. The zero-order valence-corrected chi connectivity index (χ0v) is 45.0. The van der Waals surface area contributed by atoms with Crippen molar-refractivity contribution in [3.63, 3.8) is 0 Å². The normalized spacial score (nSPS) is 39.4. The maximum absolute atomic E-state index is 14.6. The second-order valence-corrected chi connectivity index (χ2v) is 22.3. The highest BCUT2D eigenvalue weighted by atomic mass is 19.1. The Morgan fingerprint density at radius 3 is 2.28 bits per heavy atom. The van der Waals surface area contributed by atoms with Gasteiger partial charge in [0.15, 0.2) is 6.29 Å². The number of nitrogens with one attached hydrogen (secondary N) is 1. The largest absolute Gasteiger partial charge is 0.459 e. The number of hydrogen-bond acceptors (Lipinski definition) is 15. The minimum atomic E-state index is -1.84. The number of esters is 1. The first kappa shape index (κ1) is 59.5. The van der Waals surface area contributed by atoms with Crippen LogP contribution in [0.1, 0.15) is 107 Å². The SMILES string of the molecule is CC[C@H]1OC(=O)[C@H](C)[C@@H](C2C[C@@](C)(OC)[C@@H](O)[C@H](C)O2)[C@H](C)[C@@H](O[C@@H]2O[C@H](C)C[C@H](N(C)CCC(=O)N[C@H](CF)Cc3ccc(-c4ccc[n+](O)c4)cc3)[C@H]2O)[C@](C)(O)C[C@@H](C)CN(C)[C@H](C)[C@@H](O)[C@]1(C)O. The lowest BCUT2D eigenvalue weighted by Gasteiger charge is -2.51. The van der Waals surface area contributed by atoms with Gasteiger partial charge in [-0.1, -0.05) is 52.0 Å². The molecule has 0 aliphatic carbocycles. The number of cyclic esters (lactones) is 1. The summed E-state index contributed by atoms with van der Waals surface area (Å²) in [5.41, 5.74) is -2.06. The van der Waals surface area contributed by atoms with Gasteiger partial charge in [-0.3, -0.25) is 14.8 Å². The van der Waals surface area contributed by atoms with Crippen LogP contribution in [0.4, 0.5) is 4.39 Å². The number of methoxy groups -OCH3 is 1. The van der Waals surface area contributed by atoms with Crippen LogP contribution in [0, 0.1) is 23.7 Å². The Morgan fingerprint density at radius 1 is 1.00 bits per heavy atom. The van der Waals surface area contributed by atoms with E-state index in [9.17, 15) is 44.7 Å². The number of amides is 1. The van der Waals surface area contributed by atoms with Crippen LogP contribution in [0.15, 0.2) is 48.8 Å². The van der Waals surface area contributed by atoms with E-state index in [4.69, 9.17) is 23.7 Å². The number of aliphatic hydroxyl groups is 5. The van der Waals surface area contributed by atoms with E-state index in [2.05, 4.69) is 5.32 Å². The van der Waals surface area contributed by atoms with E-state index in [0.29, 0.717) is 13.0 Å². The van der Waals surface area contributed by atoms with Gasteiger partial charge in [0.05, 0.1) is 53.1 Å². The molecule has 4 heterocycles. The van der Waals surface area contributed by atoms with Crippen molar-refractivity contribution in [1.29, 1.82) is 0 Å². The Kier molecular flexibility index (Phi) is 20.6. The van der Waals surface area contributed by atoms with E-state index < -0.39 is 120 Å². The molecule has 3 aliphatic rings. The van der Waals surface area contributed by atoms with Crippen LogP contribution in [-0.2, 0) is 39.7 Å². The van der Waals surface area contributed by atoms with Crippen LogP contribution in [0.25, 0.3) is 11.1 Å². The van der Waals surface area contributed by atoms with Gasteiger partial charge in [-0.25, -0.2) is 4.39 Å². The monoisotopic (exact) mass is 1020 g/mol. The van der Waals surface area contributed by atoms with Crippen molar-refractivity contribution in [3.8, 4) is 11.1 Å². The first-order valence-electron chi connectivity index (χ1n) is 25.9. The summed E-state index contributed by atoms with van der Waals surface area (Å²) in [5, 5.41) is 72.6. The fourth-order valence-corrected chi connectivity index (χ4v) is 11.8. The number of hydrogen-bond donors (Lipinski definition) is 7. The van der Waals surface area contributed by atoms with Gasteiger partial charge in [0.2, 0.25) is 18.3 Å². The van der Waals surface area contributed by atoms with Crippen LogP contribution in [0.3, 0.4) is 0 Å². The number of halogens is 1. The van der Waals surface area contributed by atoms with E-state index in [0.717, 1.165) is 21.4 Å². The first-order valence-corrected chi connectivity index (χ1v) is 25.9. The topological polar surface area (TPSA) is 224 Å². The Bertz CT molecular complexity index is 2050. The number of aliphatic hydroxyl groups excluding tert-OH is 3. The highest BCUT2D eigenvalue weighted by molar-refractivity contribution is 5.76. The molecule has 17 nitrogen and oxygen atoms in total. The maximum atomic E-state index is 14.6. The summed E-state index contributed by atoms with van der Waals surface area (Å²) in [6.45, 7) is 17.5. The Hall–Kier alpha value is -3.40. The molecule has 408 valence electrons. The summed E-state index contributed by atoms with van der Waals surface area (Å²) in [5.74, 6) is -3.71. The molecular weight excluding hydrogens is 932 g/mol. The second kappa shape index (κ2) is 25.0. The average Bonchev–Trinajstić information content (AvgIpc) is 3.32. The predicted molar refractivity (Wildman–Crippen MR) is 267 cm³/mol. The summed E-state index contributed by atoms with van der Waals surface area (Å²) in [6, 6.07) is 9.17. The first-order chi connectivity index (χ1) is 33.7. The highest BCUT2D eigenvalue weighted by Crippen LogP contribution is 2.45. The summed E-state index contributed by atoms with van der Waals surface area (Å²) in [6.07, 6.45) is -4.72. The molecule has 3 aliphatic heterocycles. The molecular formula is C54H88FN4O13+. The third kappa shape index (κ3) is 14.1. The van der Waals surface area contributed by atoms with Gasteiger partial charge >= 0.3 is 5.97 Å². The van der Waals surface area contributed by atoms with Crippen LogP contribution >= 0.6 is 0 Å². The van der Waals surface area contributed by atoms with Crippen molar-refractivity contribution in [1.82, 2.24) is 15.1 Å². The van der Waals surface area contributed by atoms with Crippen molar-refractivity contribution in [2.75, 3.05) is 41.0 Å². The molecule has 72 heavy (non-hydrogen) atoms. The molecule has 3 fully saturated rings. The maximum Gasteiger partial charge on any atom is 0.309 e. The van der Waals surface area contributed by atoms with Crippen molar-refractivity contribution >= 4 is 11.9 Å². The van der Waals surface area contributed by atoms with Crippen molar-refractivity contribution in [3.05, 3.63) is 54.4 Å². The zero-order valence-electron chi connectivity index (χ0n) is 45.0. The minimum absolute atomic E-state index is 0.0142. The quantitative estimate of drug-likeness (QED) is 0.0812. The number of aromatic nitrogens is 1. The number of ether oxygens (including phenoxy) is 5. The Balaban J connectivity index is 1.40. The van der Waals surface area contributed by atoms with Gasteiger partial charge in [-0.15, -0.1) is 0 Å². The van der Waals surface area contributed by atoms with Crippen LogP contribution < -0.4 is 10.0 Å². The standard InChI is InChI=1S/C54H87FN4O13/c1-14-43-54(10,66)47(62)35(6)58(12)29-31(2)26-52(8,65)49(33(4)45(34(5)50(64)71-43)42-27-53(9,68-13)48(63)36(7)70-42)72-51-46(61)41(24-32(3)69-51)57(11)23-21-44(60)56-40(28-55)25-37-17-19-38(20-18-37)39-16-15-22-59(67)30-39/h15-20,22,30-36,40-43,45-49,51,61-63,65-66H,14,21,23-29H2,1-13H3,(H-,56,60,67)/p+1/t31-,32-,33+,34-,35-,36+,40+,41+,42?,43-,45+,46-,47-,48+,49-,51+,52-,53-,54-/m1/s1. The lowest BCUT2D eigenvalue weighted by molar-refractivity contribution is -0.904. The summed E-state index contributed by atoms with van der Waals surface area (Å²) in [7, 11) is 5.13. The van der Waals surface area contributed by atoms with Gasteiger partial charge in [0.25, 0.3) is 0 Å². The molecule has 0 saturated carbocycles. The number of rotatable bonds is 14. The molecule has 1 amide bonds. The summed E-state index contributed by atoms with van der Waals surface area (Å²) < 4.78 is 47.3. The van der Waals surface area contributed by atoms with E-state index in [1.807, 2.05) is 68.0 Å². The molecule has 0 bridgehead atoms. The molecule has 0 spiro atoms. The second-order valence-electron chi connectivity index (χ2n) is 22.3. The Morgan fingerprint density at radius 2 is 1.67 bits per heavy atom. The van der Waals surface area contributed by atoms with E-state index >= 15 is 0 Å². The van der Waals surface area contributed by atoms with Crippen LogP contribution in [0.2, 0.25) is 0 Å². The van der Waals surface area contributed by atoms with Gasteiger partial charge < -0.3 is 64.3 Å².